The van der Waals surface area contributed by atoms with Gasteiger partial charge >= 0.3 is 12.1 Å². The summed E-state index contributed by atoms with van der Waals surface area (Å²) in [6.45, 7) is 3.19. The maximum absolute atomic E-state index is 12.6. The first kappa shape index (κ1) is 15.3. The highest BCUT2D eigenvalue weighted by Crippen LogP contribution is 2.24. The van der Waals surface area contributed by atoms with E-state index in [1.165, 1.54) is 20.3 Å². The zero-order valence-electron chi connectivity index (χ0n) is 13.1. The second-order valence-electron chi connectivity index (χ2n) is 5.87. The zero-order valence-corrected chi connectivity index (χ0v) is 13.1. The van der Waals surface area contributed by atoms with Crippen LogP contribution in [0.15, 0.2) is 24.3 Å². The van der Waals surface area contributed by atoms with Gasteiger partial charge in [-0.2, -0.15) is 0 Å². The summed E-state index contributed by atoms with van der Waals surface area (Å²) in [5, 5.41) is 0. The second-order valence-corrected chi connectivity index (χ2v) is 5.87. The predicted octanol–water partition coefficient (Wildman–Crippen LogP) is 0.776. The van der Waals surface area contributed by atoms with E-state index in [1.54, 1.807) is 0 Å². The van der Waals surface area contributed by atoms with E-state index in [1.807, 2.05) is 24.3 Å². The Morgan fingerprint density at radius 2 is 2.00 bits per heavy atom. The number of imide groups is 1. The van der Waals surface area contributed by atoms with Gasteiger partial charge in [0.15, 0.2) is 0 Å². The van der Waals surface area contributed by atoms with E-state index in [2.05, 4.69) is 6.92 Å². The van der Waals surface area contributed by atoms with Crippen molar-refractivity contribution in [2.24, 2.45) is 5.73 Å². The molecule has 0 aromatic heterocycles. The number of carbonyl (C=O) groups is 3. The number of rotatable bonds is 3. The quantitative estimate of drug-likeness (QED) is 0.836. The fourth-order valence-corrected chi connectivity index (χ4v) is 3.13. The average Bonchev–Trinajstić information content (AvgIpc) is 2.79. The van der Waals surface area contributed by atoms with Crippen molar-refractivity contribution < 1.29 is 14.4 Å². The van der Waals surface area contributed by atoms with Gasteiger partial charge in [0, 0.05) is 13.1 Å². The number of urea groups is 2. The summed E-state index contributed by atoms with van der Waals surface area (Å²) in [5.74, 6) is -0.261. The molecule has 0 unspecified atom stereocenters. The average molecular weight is 316 g/mol. The van der Waals surface area contributed by atoms with E-state index in [4.69, 9.17) is 5.73 Å². The van der Waals surface area contributed by atoms with Crippen LogP contribution < -0.4 is 5.73 Å². The number of fused-ring (bicyclic) bond motifs is 1. The summed E-state index contributed by atoms with van der Waals surface area (Å²) in [6, 6.07) is 6.41. The van der Waals surface area contributed by atoms with Gasteiger partial charge in [0.25, 0.3) is 5.91 Å². The number of piperazine rings is 1. The molecule has 3 rings (SSSR count). The van der Waals surface area contributed by atoms with Crippen LogP contribution >= 0.6 is 0 Å². The SMILES string of the molecule is CCc1cccc(CN2C(=O)[C@@H]3CN(C(N)=O)CCN3C2=O)c1. The molecule has 1 aromatic carbocycles. The fourth-order valence-electron chi connectivity index (χ4n) is 3.13. The highest BCUT2D eigenvalue weighted by Gasteiger charge is 2.48. The third-order valence-corrected chi connectivity index (χ3v) is 4.46. The number of aryl methyl sites for hydroxylation is 1. The van der Waals surface area contributed by atoms with Gasteiger partial charge in [-0.05, 0) is 17.5 Å². The van der Waals surface area contributed by atoms with Crippen LogP contribution in [0.25, 0.3) is 0 Å². The summed E-state index contributed by atoms with van der Waals surface area (Å²) in [7, 11) is 0. The largest absolute Gasteiger partial charge is 0.351 e. The molecule has 0 radical (unpaired) electrons. The molecule has 0 aliphatic carbocycles. The highest BCUT2D eigenvalue weighted by molar-refractivity contribution is 6.04. The molecule has 0 saturated carbocycles. The van der Waals surface area contributed by atoms with Gasteiger partial charge < -0.3 is 15.5 Å². The Kier molecular flexibility index (Phi) is 3.94. The number of nitrogens with two attached hydrogens (primary N) is 1. The molecule has 5 amide bonds. The van der Waals surface area contributed by atoms with Crippen LogP contribution in [0.3, 0.4) is 0 Å². The Labute approximate surface area is 134 Å². The Morgan fingerprint density at radius 3 is 2.70 bits per heavy atom. The molecule has 1 aromatic rings. The number of amides is 5. The van der Waals surface area contributed by atoms with Crippen LogP contribution in [0.1, 0.15) is 18.1 Å². The van der Waals surface area contributed by atoms with E-state index >= 15 is 0 Å². The van der Waals surface area contributed by atoms with E-state index in [0.717, 1.165) is 12.0 Å². The lowest BCUT2D eigenvalue weighted by Gasteiger charge is -2.34. The van der Waals surface area contributed by atoms with Crippen molar-refractivity contribution in [1.82, 2.24) is 14.7 Å². The molecule has 2 aliphatic rings. The summed E-state index contributed by atoms with van der Waals surface area (Å²) in [5.41, 5.74) is 7.37. The first-order valence-electron chi connectivity index (χ1n) is 7.75. The Morgan fingerprint density at radius 1 is 1.26 bits per heavy atom. The lowest BCUT2D eigenvalue weighted by atomic mass is 10.1. The molecule has 0 bridgehead atoms. The van der Waals surface area contributed by atoms with Crippen LogP contribution in [0.5, 0.6) is 0 Å². The van der Waals surface area contributed by atoms with Gasteiger partial charge in [0.1, 0.15) is 6.04 Å². The molecule has 1 atom stereocenters. The third-order valence-electron chi connectivity index (χ3n) is 4.46. The Hall–Kier alpha value is -2.57. The number of carbonyl (C=O) groups excluding carboxylic acids is 3. The molecule has 2 N–H and O–H groups in total. The normalized spacial score (nSPS) is 20.9. The second kappa shape index (κ2) is 5.91. The standard InChI is InChI=1S/C16H20N4O3/c1-2-11-4-3-5-12(8-11)9-20-14(21)13-10-18(15(17)22)6-7-19(13)16(20)23/h3-5,8,13H,2,6-7,9-10H2,1H3,(H2,17,22)/t13-/m0/s1. The summed E-state index contributed by atoms with van der Waals surface area (Å²) in [4.78, 5) is 40.5. The molecule has 2 saturated heterocycles. The van der Waals surface area contributed by atoms with Crippen LogP contribution in [0, 0.1) is 0 Å². The number of benzene rings is 1. The smallest absolute Gasteiger partial charge is 0.327 e. The molecular weight excluding hydrogens is 296 g/mol. The van der Waals surface area contributed by atoms with Crippen molar-refractivity contribution in [3.05, 3.63) is 35.4 Å². The molecule has 23 heavy (non-hydrogen) atoms. The van der Waals surface area contributed by atoms with Crippen LogP contribution in [0.2, 0.25) is 0 Å². The molecule has 7 heteroatoms. The van der Waals surface area contributed by atoms with E-state index in [9.17, 15) is 14.4 Å². The van der Waals surface area contributed by atoms with Gasteiger partial charge in [0.05, 0.1) is 13.1 Å². The minimum Gasteiger partial charge on any atom is -0.351 e. The number of hydrogen-bond acceptors (Lipinski definition) is 3. The summed E-state index contributed by atoms with van der Waals surface area (Å²) < 4.78 is 0. The van der Waals surface area contributed by atoms with Gasteiger partial charge in [-0.25, -0.2) is 9.59 Å². The topological polar surface area (TPSA) is 87.0 Å². The zero-order chi connectivity index (χ0) is 16.6. The van der Waals surface area contributed by atoms with Gasteiger partial charge in [-0.15, -0.1) is 0 Å². The molecule has 0 spiro atoms. The van der Waals surface area contributed by atoms with Crippen LogP contribution in [-0.4, -0.2) is 58.3 Å². The Balaban J connectivity index is 1.77. The predicted molar refractivity (Wildman–Crippen MR) is 83.4 cm³/mol. The fraction of sp³-hybridized carbons (Fsp3) is 0.438. The lowest BCUT2D eigenvalue weighted by Crippen LogP contribution is -2.55. The molecular formula is C16H20N4O3. The molecule has 122 valence electrons. The highest BCUT2D eigenvalue weighted by atomic mass is 16.2. The first-order valence-corrected chi connectivity index (χ1v) is 7.75. The van der Waals surface area contributed by atoms with Crippen LogP contribution in [0.4, 0.5) is 9.59 Å². The first-order chi connectivity index (χ1) is 11.0. The summed E-state index contributed by atoms with van der Waals surface area (Å²) in [6.07, 6.45) is 0.901. The van der Waals surface area contributed by atoms with Crippen molar-refractivity contribution in [1.29, 1.82) is 0 Å². The van der Waals surface area contributed by atoms with Crippen molar-refractivity contribution in [2.45, 2.75) is 25.9 Å². The van der Waals surface area contributed by atoms with Crippen molar-refractivity contribution in [2.75, 3.05) is 19.6 Å². The van der Waals surface area contributed by atoms with E-state index in [-0.39, 0.29) is 25.0 Å². The van der Waals surface area contributed by atoms with E-state index in [0.29, 0.717) is 13.1 Å². The van der Waals surface area contributed by atoms with Gasteiger partial charge in [-0.3, -0.25) is 9.69 Å². The minimum atomic E-state index is -0.613. The third kappa shape index (κ3) is 2.74. The monoisotopic (exact) mass is 316 g/mol. The van der Waals surface area contributed by atoms with Crippen LogP contribution in [-0.2, 0) is 17.8 Å². The number of nitrogens with zero attached hydrogens (tertiary/aromatic N) is 3. The lowest BCUT2D eigenvalue weighted by molar-refractivity contribution is -0.129. The van der Waals surface area contributed by atoms with Gasteiger partial charge in [-0.1, -0.05) is 31.2 Å². The van der Waals surface area contributed by atoms with Gasteiger partial charge in [0.2, 0.25) is 0 Å². The summed E-state index contributed by atoms with van der Waals surface area (Å²) >= 11 is 0. The number of hydrogen-bond donors (Lipinski definition) is 1. The van der Waals surface area contributed by atoms with Crippen molar-refractivity contribution >= 4 is 18.0 Å². The molecule has 2 fully saturated rings. The Bertz CT molecular complexity index is 660. The number of primary amides is 1. The molecule has 2 aliphatic heterocycles. The van der Waals surface area contributed by atoms with Crippen molar-refractivity contribution in [3.8, 4) is 0 Å². The molecule has 2 heterocycles. The van der Waals surface area contributed by atoms with E-state index < -0.39 is 12.1 Å². The van der Waals surface area contributed by atoms with Crippen molar-refractivity contribution in [3.63, 3.8) is 0 Å². The maximum atomic E-state index is 12.6. The minimum absolute atomic E-state index is 0.172. The maximum Gasteiger partial charge on any atom is 0.327 e. The molecule has 7 nitrogen and oxygen atoms in total.